The fourth-order valence-corrected chi connectivity index (χ4v) is 2.75. The summed E-state index contributed by atoms with van der Waals surface area (Å²) in [5, 5.41) is 4.75. The van der Waals surface area contributed by atoms with Crippen LogP contribution in [0.2, 0.25) is 0 Å². The van der Waals surface area contributed by atoms with Crippen LogP contribution in [0.25, 0.3) is 10.9 Å². The molecule has 0 aliphatic heterocycles. The van der Waals surface area contributed by atoms with Gasteiger partial charge in [-0.25, -0.2) is 9.18 Å². The zero-order valence-electron chi connectivity index (χ0n) is 15.3. The van der Waals surface area contributed by atoms with Crippen molar-refractivity contribution in [1.29, 1.82) is 0 Å². The summed E-state index contributed by atoms with van der Waals surface area (Å²) < 4.78 is 20.7. The Balaban J connectivity index is 1.99. The van der Waals surface area contributed by atoms with Gasteiger partial charge in [0.1, 0.15) is 11.4 Å². The van der Waals surface area contributed by atoms with E-state index in [0.717, 1.165) is 15.8 Å². The molecule has 0 radical (unpaired) electrons. The quantitative estimate of drug-likeness (QED) is 0.738. The van der Waals surface area contributed by atoms with E-state index in [1.807, 2.05) is 19.1 Å². The summed E-state index contributed by atoms with van der Waals surface area (Å²) in [6.07, 6.45) is -0.195. The minimum atomic E-state index is -0.646. The highest BCUT2D eigenvalue weighted by Gasteiger charge is 2.21. The smallest absolute Gasteiger partial charge is 0.435 e. The Morgan fingerprint density at radius 3 is 2.62 bits per heavy atom. The number of aromatic nitrogens is 2. The van der Waals surface area contributed by atoms with Gasteiger partial charge in [-0.15, -0.1) is 5.10 Å². The molecule has 1 aromatic heterocycles. The Bertz CT molecular complexity index is 987. The van der Waals surface area contributed by atoms with E-state index < -0.39 is 11.7 Å². The molecule has 0 aliphatic rings. The van der Waals surface area contributed by atoms with Gasteiger partial charge in [-0.05, 0) is 62.6 Å². The van der Waals surface area contributed by atoms with E-state index >= 15 is 0 Å². The average molecular weight is 355 g/mol. The van der Waals surface area contributed by atoms with Gasteiger partial charge >= 0.3 is 6.09 Å². The van der Waals surface area contributed by atoms with Crippen LogP contribution >= 0.6 is 0 Å². The zero-order chi connectivity index (χ0) is 19.1. The van der Waals surface area contributed by atoms with Crippen LogP contribution in [0.15, 0.2) is 36.4 Å². The van der Waals surface area contributed by atoms with E-state index in [-0.39, 0.29) is 11.6 Å². The first-order chi connectivity index (χ1) is 12.1. The standard InChI is InChI=1S/C20H22FN3O2/c1-12-5-7-14(16(21)9-12)10-13-6-8-15-17(11-13)24(23-18(15)22)19(25)26-20(2,3)4/h5-9,11H,10H2,1-4H3,(H2,22,23). The highest BCUT2D eigenvalue weighted by molar-refractivity contribution is 5.95. The second kappa shape index (κ2) is 6.44. The molecule has 0 bridgehead atoms. The van der Waals surface area contributed by atoms with Gasteiger partial charge in [-0.1, -0.05) is 18.2 Å². The molecule has 0 spiro atoms. The highest BCUT2D eigenvalue weighted by atomic mass is 19.1. The summed E-state index contributed by atoms with van der Waals surface area (Å²) in [4.78, 5) is 12.4. The number of rotatable bonds is 2. The lowest BCUT2D eigenvalue weighted by molar-refractivity contribution is 0.0523. The van der Waals surface area contributed by atoms with E-state index in [1.54, 1.807) is 39.0 Å². The number of carbonyl (C=O) groups excluding carboxylic acids is 1. The van der Waals surface area contributed by atoms with Crippen molar-refractivity contribution in [3.05, 3.63) is 58.9 Å². The Morgan fingerprint density at radius 2 is 1.96 bits per heavy atom. The zero-order valence-corrected chi connectivity index (χ0v) is 15.3. The Morgan fingerprint density at radius 1 is 1.23 bits per heavy atom. The summed E-state index contributed by atoms with van der Waals surface area (Å²) in [5.41, 5.74) is 8.13. The van der Waals surface area contributed by atoms with Crippen LogP contribution in [0.5, 0.6) is 0 Å². The van der Waals surface area contributed by atoms with Crippen LogP contribution in [0.1, 0.15) is 37.5 Å². The molecule has 0 atom stereocenters. The summed E-state index contributed by atoms with van der Waals surface area (Å²) in [7, 11) is 0. The number of fused-ring (bicyclic) bond motifs is 1. The number of aryl methyl sites for hydroxylation is 1. The molecule has 0 saturated heterocycles. The number of hydrogen-bond acceptors (Lipinski definition) is 4. The third-order valence-corrected chi connectivity index (χ3v) is 3.94. The molecule has 0 amide bonds. The van der Waals surface area contributed by atoms with Crippen LogP contribution in [0.4, 0.5) is 15.0 Å². The topological polar surface area (TPSA) is 70.1 Å². The van der Waals surface area contributed by atoms with Crippen LogP contribution in [-0.2, 0) is 11.2 Å². The molecule has 0 saturated carbocycles. The van der Waals surface area contributed by atoms with Crippen molar-refractivity contribution in [2.75, 3.05) is 5.73 Å². The van der Waals surface area contributed by atoms with Gasteiger partial charge < -0.3 is 10.5 Å². The van der Waals surface area contributed by atoms with Crippen molar-refractivity contribution in [3.63, 3.8) is 0 Å². The monoisotopic (exact) mass is 355 g/mol. The van der Waals surface area contributed by atoms with Gasteiger partial charge in [0.05, 0.1) is 5.52 Å². The van der Waals surface area contributed by atoms with Gasteiger partial charge in [-0.3, -0.25) is 0 Å². The maximum Gasteiger partial charge on any atom is 0.435 e. The SMILES string of the molecule is Cc1ccc(Cc2ccc3c(N)nn(C(=O)OC(C)(C)C)c3c2)c(F)c1. The van der Waals surface area contributed by atoms with E-state index in [4.69, 9.17) is 10.5 Å². The number of nitrogen functional groups attached to an aromatic ring is 1. The summed E-state index contributed by atoms with van der Waals surface area (Å²) in [6.45, 7) is 7.20. The third kappa shape index (κ3) is 3.69. The number of anilines is 1. The molecule has 0 unspecified atom stereocenters. The second-order valence-electron chi connectivity index (χ2n) is 7.40. The van der Waals surface area contributed by atoms with Crippen LogP contribution < -0.4 is 5.73 Å². The Kier molecular flexibility index (Phi) is 4.44. The molecular formula is C20H22FN3O2. The maximum atomic E-state index is 14.1. The van der Waals surface area contributed by atoms with Crippen molar-refractivity contribution in [2.45, 2.75) is 39.7 Å². The molecule has 6 heteroatoms. The van der Waals surface area contributed by atoms with Crippen molar-refractivity contribution < 1.29 is 13.9 Å². The fourth-order valence-electron chi connectivity index (χ4n) is 2.75. The first kappa shape index (κ1) is 17.9. The van der Waals surface area contributed by atoms with Crippen LogP contribution in [0, 0.1) is 12.7 Å². The normalized spacial score (nSPS) is 11.7. The first-order valence-corrected chi connectivity index (χ1v) is 8.39. The molecule has 0 fully saturated rings. The molecule has 2 aromatic carbocycles. The lowest BCUT2D eigenvalue weighted by atomic mass is 10.0. The molecule has 0 aliphatic carbocycles. The molecule has 1 heterocycles. The van der Waals surface area contributed by atoms with Crippen LogP contribution in [-0.4, -0.2) is 21.5 Å². The number of benzene rings is 2. The predicted octanol–water partition coefficient (Wildman–Crippen LogP) is 4.44. The van der Waals surface area contributed by atoms with Gasteiger partial charge in [-0.2, -0.15) is 4.68 Å². The number of ether oxygens (including phenoxy) is 1. The van der Waals surface area contributed by atoms with Crippen LogP contribution in [0.3, 0.4) is 0 Å². The van der Waals surface area contributed by atoms with Gasteiger partial charge in [0.2, 0.25) is 0 Å². The Hall–Kier alpha value is -2.89. The number of nitrogens with two attached hydrogens (primary N) is 1. The minimum Gasteiger partial charge on any atom is -0.442 e. The lowest BCUT2D eigenvalue weighted by Gasteiger charge is -2.19. The number of halogens is 1. The first-order valence-electron chi connectivity index (χ1n) is 8.39. The van der Waals surface area contributed by atoms with E-state index in [2.05, 4.69) is 5.10 Å². The molecular weight excluding hydrogens is 333 g/mol. The number of carbonyl (C=O) groups is 1. The number of nitrogens with zero attached hydrogens (tertiary/aromatic N) is 2. The van der Waals surface area contributed by atoms with Gasteiger partial charge in [0, 0.05) is 11.8 Å². The maximum absolute atomic E-state index is 14.1. The van der Waals surface area contributed by atoms with Crippen molar-refractivity contribution in [2.24, 2.45) is 0 Å². The van der Waals surface area contributed by atoms with E-state index in [0.29, 0.717) is 22.9 Å². The third-order valence-electron chi connectivity index (χ3n) is 3.94. The van der Waals surface area contributed by atoms with Gasteiger partial charge in [0.15, 0.2) is 5.82 Å². The van der Waals surface area contributed by atoms with Gasteiger partial charge in [0.25, 0.3) is 0 Å². The molecule has 5 nitrogen and oxygen atoms in total. The number of hydrogen-bond donors (Lipinski definition) is 1. The fraction of sp³-hybridized carbons (Fsp3) is 0.300. The Labute approximate surface area is 151 Å². The van der Waals surface area contributed by atoms with E-state index in [1.165, 1.54) is 6.07 Å². The average Bonchev–Trinajstić information content (AvgIpc) is 2.85. The van der Waals surface area contributed by atoms with Crippen molar-refractivity contribution in [1.82, 2.24) is 9.78 Å². The highest BCUT2D eigenvalue weighted by Crippen LogP contribution is 2.25. The molecule has 26 heavy (non-hydrogen) atoms. The molecule has 3 aromatic rings. The summed E-state index contributed by atoms with van der Waals surface area (Å²) in [5.74, 6) is 0.00388. The predicted molar refractivity (Wildman–Crippen MR) is 99.7 cm³/mol. The molecule has 2 N–H and O–H groups in total. The van der Waals surface area contributed by atoms with E-state index in [9.17, 15) is 9.18 Å². The molecule has 3 rings (SSSR count). The largest absolute Gasteiger partial charge is 0.442 e. The molecule has 136 valence electrons. The lowest BCUT2D eigenvalue weighted by Crippen LogP contribution is -2.27. The van der Waals surface area contributed by atoms with Crippen molar-refractivity contribution >= 4 is 22.8 Å². The van der Waals surface area contributed by atoms with Crippen molar-refractivity contribution in [3.8, 4) is 0 Å². The second-order valence-corrected chi connectivity index (χ2v) is 7.40. The summed E-state index contributed by atoms with van der Waals surface area (Å²) in [6, 6.07) is 10.6. The summed E-state index contributed by atoms with van der Waals surface area (Å²) >= 11 is 0. The minimum absolute atomic E-state index is 0.245.